The monoisotopic (exact) mass is 490 g/mol. The van der Waals surface area contributed by atoms with Crippen LogP contribution in [0.25, 0.3) is 21.8 Å². The third-order valence-electron chi connectivity index (χ3n) is 8.20. The first kappa shape index (κ1) is 23.2. The largest absolute Gasteiger partial charge is 0.359 e. The number of nitrogens with zero attached hydrogens (tertiary/aromatic N) is 2. The standard InChI is InChI=1S/C29H32F2N4O/c30-21-7-8-26-20(16-21)17-27(33-26)29(36)35-12-2-1-4-22(35)11-15-34-13-9-19(10-14-34)24-18-32-28-23(24)5-3-6-25(28)31/h3,5-8,16-19,22,32-33H,1-2,4,9-15H2/t22-/m0/s1. The van der Waals surface area contributed by atoms with E-state index in [2.05, 4.69) is 14.9 Å². The van der Waals surface area contributed by atoms with Crippen LogP contribution in [0.3, 0.4) is 0 Å². The second-order valence-electron chi connectivity index (χ2n) is 10.4. The van der Waals surface area contributed by atoms with Crippen LogP contribution >= 0.6 is 0 Å². The Balaban J connectivity index is 1.07. The maximum atomic E-state index is 14.1. The summed E-state index contributed by atoms with van der Waals surface area (Å²) in [5.41, 5.74) is 3.16. The van der Waals surface area contributed by atoms with Crippen molar-refractivity contribution in [1.29, 1.82) is 0 Å². The highest BCUT2D eigenvalue weighted by atomic mass is 19.1. The molecule has 7 heteroatoms. The number of fused-ring (bicyclic) bond motifs is 2. The number of aromatic nitrogens is 2. The summed E-state index contributed by atoms with van der Waals surface area (Å²) in [4.78, 5) is 24.2. The molecule has 4 heterocycles. The zero-order valence-electron chi connectivity index (χ0n) is 20.4. The van der Waals surface area contributed by atoms with Gasteiger partial charge in [0.05, 0.1) is 5.52 Å². The Bertz CT molecular complexity index is 1380. The molecule has 0 unspecified atom stereocenters. The fourth-order valence-corrected chi connectivity index (χ4v) is 6.22. The molecule has 0 saturated carbocycles. The summed E-state index contributed by atoms with van der Waals surface area (Å²) >= 11 is 0. The van der Waals surface area contributed by atoms with E-state index in [1.165, 1.54) is 23.8 Å². The number of H-pyrrole nitrogens is 2. The van der Waals surface area contributed by atoms with Gasteiger partial charge in [-0.3, -0.25) is 4.79 Å². The molecule has 188 valence electrons. The zero-order valence-corrected chi connectivity index (χ0v) is 20.4. The topological polar surface area (TPSA) is 55.1 Å². The predicted molar refractivity (Wildman–Crippen MR) is 138 cm³/mol. The number of benzene rings is 2. The number of hydrogen-bond donors (Lipinski definition) is 2. The van der Waals surface area contributed by atoms with Crippen molar-refractivity contribution in [3.8, 4) is 0 Å². The molecule has 2 saturated heterocycles. The number of hydrogen-bond acceptors (Lipinski definition) is 2. The molecule has 0 spiro atoms. The highest BCUT2D eigenvalue weighted by Gasteiger charge is 2.30. The van der Waals surface area contributed by atoms with Gasteiger partial charge in [0.25, 0.3) is 5.91 Å². The van der Waals surface area contributed by atoms with Crippen LogP contribution in [0.2, 0.25) is 0 Å². The lowest BCUT2D eigenvalue weighted by molar-refractivity contribution is 0.0573. The lowest BCUT2D eigenvalue weighted by Crippen LogP contribution is -2.46. The summed E-state index contributed by atoms with van der Waals surface area (Å²) in [6.07, 6.45) is 8.25. The van der Waals surface area contributed by atoms with Crippen molar-refractivity contribution in [3.63, 3.8) is 0 Å². The van der Waals surface area contributed by atoms with Gasteiger partial charge in [-0.25, -0.2) is 8.78 Å². The van der Waals surface area contributed by atoms with Crippen molar-refractivity contribution >= 4 is 27.7 Å². The highest BCUT2D eigenvalue weighted by Crippen LogP contribution is 2.34. The van der Waals surface area contributed by atoms with Crippen LogP contribution < -0.4 is 0 Å². The molecule has 0 radical (unpaired) electrons. The molecule has 1 amide bonds. The number of halogens is 2. The van der Waals surface area contributed by atoms with Gasteiger partial charge >= 0.3 is 0 Å². The van der Waals surface area contributed by atoms with Crippen molar-refractivity contribution in [3.05, 3.63) is 71.6 Å². The van der Waals surface area contributed by atoms with E-state index in [-0.39, 0.29) is 23.6 Å². The molecule has 1 atom stereocenters. The smallest absolute Gasteiger partial charge is 0.270 e. The number of nitrogens with one attached hydrogen (secondary N) is 2. The Morgan fingerprint density at radius 1 is 1.00 bits per heavy atom. The highest BCUT2D eigenvalue weighted by molar-refractivity contribution is 5.98. The first-order valence-electron chi connectivity index (χ1n) is 13.1. The Labute approximate surface area is 209 Å². The summed E-state index contributed by atoms with van der Waals surface area (Å²) in [6.45, 7) is 3.77. The molecule has 36 heavy (non-hydrogen) atoms. The summed E-state index contributed by atoms with van der Waals surface area (Å²) in [6, 6.07) is 11.9. The van der Waals surface area contributed by atoms with Gasteiger partial charge in [-0.1, -0.05) is 12.1 Å². The SMILES string of the molecule is O=C(c1cc2cc(F)ccc2[nH]1)N1CCCC[C@H]1CCN1CCC(c2c[nH]c3c(F)cccc23)CC1. The van der Waals surface area contributed by atoms with Crippen LogP contribution in [0.5, 0.6) is 0 Å². The van der Waals surface area contributed by atoms with Gasteiger partial charge in [0, 0.05) is 41.6 Å². The number of carbonyl (C=O) groups is 1. The summed E-state index contributed by atoms with van der Waals surface area (Å²) in [7, 11) is 0. The van der Waals surface area contributed by atoms with Crippen molar-refractivity contribution in [1.82, 2.24) is 19.8 Å². The first-order valence-corrected chi connectivity index (χ1v) is 13.1. The zero-order chi connectivity index (χ0) is 24.6. The van der Waals surface area contributed by atoms with E-state index in [1.54, 1.807) is 18.2 Å². The first-order chi connectivity index (χ1) is 17.6. The molecule has 2 fully saturated rings. The molecule has 2 N–H and O–H groups in total. The maximum absolute atomic E-state index is 14.1. The van der Waals surface area contributed by atoms with Gasteiger partial charge in [0.2, 0.25) is 0 Å². The summed E-state index contributed by atoms with van der Waals surface area (Å²) in [5.74, 6) is -0.0302. The molecule has 0 bridgehead atoms. The molecule has 5 nitrogen and oxygen atoms in total. The van der Waals surface area contributed by atoms with Crippen LogP contribution in [-0.2, 0) is 0 Å². The van der Waals surface area contributed by atoms with Crippen LogP contribution in [0.1, 0.15) is 60.5 Å². The van der Waals surface area contributed by atoms with E-state index in [9.17, 15) is 13.6 Å². The second kappa shape index (κ2) is 9.69. The van der Waals surface area contributed by atoms with Crippen LogP contribution in [0.4, 0.5) is 8.78 Å². The van der Waals surface area contributed by atoms with Crippen molar-refractivity contribution in [2.24, 2.45) is 0 Å². The van der Waals surface area contributed by atoms with Gasteiger partial charge in [-0.2, -0.15) is 0 Å². The number of rotatable bonds is 5. The Hall–Kier alpha value is -3.19. The quantitative estimate of drug-likeness (QED) is 0.350. The Morgan fingerprint density at radius 2 is 1.86 bits per heavy atom. The van der Waals surface area contributed by atoms with E-state index in [4.69, 9.17) is 0 Å². The normalized spacial score (nSPS) is 19.9. The van der Waals surface area contributed by atoms with E-state index in [0.717, 1.165) is 81.0 Å². The minimum absolute atomic E-state index is 0.0154. The summed E-state index contributed by atoms with van der Waals surface area (Å²) < 4.78 is 27.7. The molecule has 2 aliphatic heterocycles. The molecular formula is C29H32F2N4O. The van der Waals surface area contributed by atoms with Crippen molar-refractivity contribution < 1.29 is 13.6 Å². The van der Waals surface area contributed by atoms with E-state index >= 15 is 0 Å². The number of para-hydroxylation sites is 1. The van der Waals surface area contributed by atoms with Gasteiger partial charge < -0.3 is 19.8 Å². The van der Waals surface area contributed by atoms with Gasteiger partial charge in [-0.15, -0.1) is 0 Å². The van der Waals surface area contributed by atoms with Gasteiger partial charge in [0.1, 0.15) is 17.3 Å². The Kier molecular flexibility index (Phi) is 6.25. The van der Waals surface area contributed by atoms with Crippen LogP contribution in [0.15, 0.2) is 48.7 Å². The predicted octanol–water partition coefficient (Wildman–Crippen LogP) is 6.19. The summed E-state index contributed by atoms with van der Waals surface area (Å²) in [5, 5.41) is 1.73. The molecule has 2 aliphatic rings. The molecule has 4 aromatic rings. The minimum atomic E-state index is -0.294. The van der Waals surface area contributed by atoms with Crippen molar-refractivity contribution in [2.75, 3.05) is 26.2 Å². The molecule has 6 rings (SSSR count). The number of aromatic amines is 2. The average molecular weight is 491 g/mol. The van der Waals surface area contributed by atoms with E-state index < -0.39 is 0 Å². The number of likely N-dealkylation sites (tertiary alicyclic amines) is 2. The van der Waals surface area contributed by atoms with Gasteiger partial charge in [-0.05, 0) is 93.4 Å². The van der Waals surface area contributed by atoms with Crippen LogP contribution in [-0.4, -0.2) is 57.9 Å². The van der Waals surface area contributed by atoms with E-state index in [1.807, 2.05) is 17.2 Å². The maximum Gasteiger partial charge on any atom is 0.270 e. The third kappa shape index (κ3) is 4.41. The Morgan fingerprint density at radius 3 is 2.72 bits per heavy atom. The number of amides is 1. The molecule has 2 aromatic heterocycles. The average Bonchev–Trinajstić information content (AvgIpc) is 3.53. The van der Waals surface area contributed by atoms with Crippen LogP contribution in [0, 0.1) is 11.6 Å². The molecular weight excluding hydrogens is 458 g/mol. The number of carbonyl (C=O) groups excluding carboxylic acids is 1. The second-order valence-corrected chi connectivity index (χ2v) is 10.4. The molecule has 2 aromatic carbocycles. The van der Waals surface area contributed by atoms with Crippen molar-refractivity contribution in [2.45, 2.75) is 50.5 Å². The fraction of sp³-hybridized carbons (Fsp3) is 0.414. The van der Waals surface area contributed by atoms with Gasteiger partial charge in [0.15, 0.2) is 0 Å². The third-order valence-corrected chi connectivity index (χ3v) is 8.20. The number of piperidine rings is 2. The lowest BCUT2D eigenvalue weighted by atomic mass is 9.89. The lowest BCUT2D eigenvalue weighted by Gasteiger charge is -2.38. The fourth-order valence-electron chi connectivity index (χ4n) is 6.22. The molecule has 0 aliphatic carbocycles. The minimum Gasteiger partial charge on any atom is -0.359 e. The van der Waals surface area contributed by atoms with E-state index in [0.29, 0.717) is 17.1 Å².